The molecule has 0 heterocycles. The Bertz CT molecular complexity index is 445. The molecule has 7 heteroatoms. The second-order valence-corrected chi connectivity index (χ2v) is 8.23. The number of carbonyl (C=O) groups is 3. The van der Waals surface area contributed by atoms with Crippen molar-refractivity contribution in [3.05, 3.63) is 0 Å². The Morgan fingerprint density at radius 3 is 2.08 bits per heavy atom. The summed E-state index contributed by atoms with van der Waals surface area (Å²) in [5, 5.41) is 0. The molecule has 146 valence electrons. The minimum absolute atomic E-state index is 0.231. The summed E-state index contributed by atoms with van der Waals surface area (Å²) in [5.41, 5.74) is -1.05. The number of rotatable bonds is 12. The van der Waals surface area contributed by atoms with Crippen LogP contribution >= 0.6 is 11.8 Å². The first-order chi connectivity index (χ1) is 11.6. The van der Waals surface area contributed by atoms with Gasteiger partial charge in [0.1, 0.15) is 0 Å². The molecule has 0 aliphatic heterocycles. The molecule has 0 fully saturated rings. The molecule has 0 rings (SSSR count). The standard InChI is InChI=1S/C18H32O6S/c1-7-17(2,3)16(21)24-11-8-10-23-14(19)9-12-25-13-18(4,5)15(20)22-6/h7-13H2,1-6H3. The average Bonchev–Trinajstić information content (AvgIpc) is 2.57. The van der Waals surface area contributed by atoms with Crippen LogP contribution in [0.25, 0.3) is 0 Å². The van der Waals surface area contributed by atoms with E-state index in [9.17, 15) is 14.4 Å². The lowest BCUT2D eigenvalue weighted by Crippen LogP contribution is -2.28. The molecule has 0 saturated carbocycles. The summed E-state index contributed by atoms with van der Waals surface area (Å²) >= 11 is 1.51. The Balaban J connectivity index is 3.76. The molecule has 0 amide bonds. The van der Waals surface area contributed by atoms with E-state index in [1.54, 1.807) is 0 Å². The van der Waals surface area contributed by atoms with Gasteiger partial charge in [-0.05, 0) is 34.1 Å². The maximum absolute atomic E-state index is 11.8. The molecule has 0 unspecified atom stereocenters. The maximum atomic E-state index is 11.8. The van der Waals surface area contributed by atoms with Crippen molar-refractivity contribution in [2.75, 3.05) is 31.8 Å². The fourth-order valence-corrected chi connectivity index (χ4v) is 2.72. The molecular formula is C18H32O6S. The first kappa shape index (κ1) is 23.8. The lowest BCUT2D eigenvalue weighted by Gasteiger charge is -2.20. The Hall–Kier alpha value is -1.24. The number of ether oxygens (including phenoxy) is 3. The molecule has 0 aromatic heterocycles. The maximum Gasteiger partial charge on any atom is 0.312 e. The van der Waals surface area contributed by atoms with Crippen molar-refractivity contribution >= 4 is 29.7 Å². The number of carbonyl (C=O) groups excluding carboxylic acids is 3. The van der Waals surface area contributed by atoms with Crippen molar-refractivity contribution in [1.82, 2.24) is 0 Å². The van der Waals surface area contributed by atoms with Crippen LogP contribution in [0.1, 0.15) is 53.9 Å². The predicted octanol–water partition coefficient (Wildman–Crippen LogP) is 3.22. The van der Waals surface area contributed by atoms with Crippen molar-refractivity contribution < 1.29 is 28.6 Å². The molecule has 0 aliphatic carbocycles. The van der Waals surface area contributed by atoms with Crippen molar-refractivity contribution in [2.45, 2.75) is 53.9 Å². The minimum Gasteiger partial charge on any atom is -0.469 e. The van der Waals surface area contributed by atoms with E-state index >= 15 is 0 Å². The monoisotopic (exact) mass is 376 g/mol. The zero-order valence-electron chi connectivity index (χ0n) is 16.3. The van der Waals surface area contributed by atoms with Gasteiger partial charge in [0.15, 0.2) is 0 Å². The minimum atomic E-state index is -0.570. The van der Waals surface area contributed by atoms with Crippen LogP contribution in [0.3, 0.4) is 0 Å². The van der Waals surface area contributed by atoms with Gasteiger partial charge in [-0.2, -0.15) is 11.8 Å². The van der Waals surface area contributed by atoms with E-state index in [0.717, 1.165) is 0 Å². The van der Waals surface area contributed by atoms with Crippen molar-refractivity contribution in [3.8, 4) is 0 Å². The molecule has 0 saturated heterocycles. The predicted molar refractivity (Wildman–Crippen MR) is 98.3 cm³/mol. The summed E-state index contributed by atoms with van der Waals surface area (Å²) in [6.07, 6.45) is 1.48. The fraction of sp³-hybridized carbons (Fsp3) is 0.833. The molecule has 0 radical (unpaired) electrons. The summed E-state index contributed by atoms with van der Waals surface area (Å²) < 4.78 is 15.0. The molecule has 0 N–H and O–H groups in total. The van der Waals surface area contributed by atoms with Crippen LogP contribution in [0, 0.1) is 10.8 Å². The van der Waals surface area contributed by atoms with Gasteiger partial charge in [-0.3, -0.25) is 14.4 Å². The van der Waals surface area contributed by atoms with E-state index in [4.69, 9.17) is 14.2 Å². The lowest BCUT2D eigenvalue weighted by atomic mass is 9.91. The number of hydrogen-bond acceptors (Lipinski definition) is 7. The highest BCUT2D eigenvalue weighted by atomic mass is 32.2. The van der Waals surface area contributed by atoms with Gasteiger partial charge in [0.25, 0.3) is 0 Å². The summed E-state index contributed by atoms with van der Waals surface area (Å²) in [7, 11) is 1.37. The van der Waals surface area contributed by atoms with Crippen LogP contribution in [-0.4, -0.2) is 49.7 Å². The van der Waals surface area contributed by atoms with Crippen LogP contribution in [0.5, 0.6) is 0 Å². The number of hydrogen-bond donors (Lipinski definition) is 0. The van der Waals surface area contributed by atoms with E-state index in [-0.39, 0.29) is 37.5 Å². The van der Waals surface area contributed by atoms with E-state index in [2.05, 4.69) is 0 Å². The number of esters is 3. The van der Waals surface area contributed by atoms with E-state index < -0.39 is 10.8 Å². The van der Waals surface area contributed by atoms with Gasteiger partial charge < -0.3 is 14.2 Å². The second-order valence-electron chi connectivity index (χ2n) is 7.13. The summed E-state index contributed by atoms with van der Waals surface area (Å²) in [6, 6.07) is 0. The average molecular weight is 377 g/mol. The molecule has 0 bridgehead atoms. The third-order valence-corrected chi connectivity index (χ3v) is 5.29. The molecule has 0 spiro atoms. The van der Waals surface area contributed by atoms with Crippen LogP contribution < -0.4 is 0 Å². The first-order valence-corrected chi connectivity index (χ1v) is 9.71. The summed E-state index contributed by atoms with van der Waals surface area (Å²) in [6.45, 7) is 9.72. The van der Waals surface area contributed by atoms with Crippen LogP contribution in [0.4, 0.5) is 0 Å². The van der Waals surface area contributed by atoms with Gasteiger partial charge in [-0.25, -0.2) is 0 Å². The number of thioether (sulfide) groups is 1. The highest BCUT2D eigenvalue weighted by Gasteiger charge is 2.28. The third kappa shape index (κ3) is 9.72. The molecule has 6 nitrogen and oxygen atoms in total. The zero-order chi connectivity index (χ0) is 19.5. The van der Waals surface area contributed by atoms with Crippen LogP contribution in [-0.2, 0) is 28.6 Å². The zero-order valence-corrected chi connectivity index (χ0v) is 17.1. The summed E-state index contributed by atoms with van der Waals surface area (Å²) in [4.78, 5) is 34.9. The Morgan fingerprint density at radius 2 is 1.52 bits per heavy atom. The third-order valence-electron chi connectivity index (χ3n) is 3.87. The van der Waals surface area contributed by atoms with Gasteiger partial charge >= 0.3 is 17.9 Å². The SMILES string of the molecule is CCC(C)(C)C(=O)OCCCOC(=O)CCSCC(C)(C)C(=O)OC. The van der Waals surface area contributed by atoms with Gasteiger partial charge in [0.2, 0.25) is 0 Å². The highest BCUT2D eigenvalue weighted by molar-refractivity contribution is 7.99. The van der Waals surface area contributed by atoms with E-state index in [1.165, 1.54) is 18.9 Å². The van der Waals surface area contributed by atoms with Crippen molar-refractivity contribution in [3.63, 3.8) is 0 Å². The van der Waals surface area contributed by atoms with Crippen LogP contribution in [0.2, 0.25) is 0 Å². The summed E-state index contributed by atoms with van der Waals surface area (Å²) in [5.74, 6) is 0.382. The van der Waals surface area contributed by atoms with Crippen LogP contribution in [0.15, 0.2) is 0 Å². The van der Waals surface area contributed by atoms with Crippen molar-refractivity contribution in [1.29, 1.82) is 0 Å². The van der Waals surface area contributed by atoms with Gasteiger partial charge in [-0.15, -0.1) is 0 Å². The molecule has 0 aromatic rings. The molecule has 0 aliphatic rings. The normalized spacial score (nSPS) is 11.8. The van der Waals surface area contributed by atoms with Crippen molar-refractivity contribution in [2.24, 2.45) is 10.8 Å². The molecule has 25 heavy (non-hydrogen) atoms. The quantitative estimate of drug-likeness (QED) is 0.294. The first-order valence-electron chi connectivity index (χ1n) is 8.56. The Morgan fingerprint density at radius 1 is 0.920 bits per heavy atom. The molecule has 0 aromatic carbocycles. The largest absolute Gasteiger partial charge is 0.469 e. The second kappa shape index (κ2) is 11.4. The van der Waals surface area contributed by atoms with Gasteiger partial charge in [0.05, 0.1) is 37.6 Å². The highest BCUT2D eigenvalue weighted by Crippen LogP contribution is 2.24. The van der Waals surface area contributed by atoms with E-state index in [0.29, 0.717) is 24.3 Å². The fourth-order valence-electron chi connectivity index (χ4n) is 1.64. The lowest BCUT2D eigenvalue weighted by molar-refractivity contribution is -0.155. The smallest absolute Gasteiger partial charge is 0.312 e. The van der Waals surface area contributed by atoms with Gasteiger partial charge in [0, 0.05) is 17.9 Å². The molecule has 0 atom stereocenters. The Kier molecular flexibility index (Phi) is 10.8. The van der Waals surface area contributed by atoms with E-state index in [1.807, 2.05) is 34.6 Å². The number of methoxy groups -OCH3 is 1. The topological polar surface area (TPSA) is 78.9 Å². The molecular weight excluding hydrogens is 344 g/mol. The Labute approximate surface area is 155 Å². The van der Waals surface area contributed by atoms with Gasteiger partial charge in [-0.1, -0.05) is 6.92 Å².